The molecule has 0 saturated carbocycles. The maximum Gasteiger partial charge on any atom is 0.264 e. The summed E-state index contributed by atoms with van der Waals surface area (Å²) in [5.41, 5.74) is 3.94. The number of sulfonamides is 1. The summed E-state index contributed by atoms with van der Waals surface area (Å²) in [4.78, 5) is 13.1. The Labute approximate surface area is 229 Å². The number of para-hydroxylation sites is 1. The number of carbonyl (C=O) groups is 1. The van der Waals surface area contributed by atoms with Gasteiger partial charge in [0.2, 0.25) is 5.91 Å². The summed E-state index contributed by atoms with van der Waals surface area (Å²) in [5, 5.41) is 2.83. The summed E-state index contributed by atoms with van der Waals surface area (Å²) in [6, 6.07) is 27.1. The monoisotopic (exact) mass is 546 g/mol. The highest BCUT2D eigenvalue weighted by Crippen LogP contribution is 2.27. The van der Waals surface area contributed by atoms with Crippen molar-refractivity contribution in [2.75, 3.05) is 10.8 Å². The zero-order valence-corrected chi connectivity index (χ0v) is 22.7. The fourth-order valence-electron chi connectivity index (χ4n) is 4.03. The van der Waals surface area contributed by atoms with Crippen molar-refractivity contribution in [1.82, 2.24) is 5.32 Å². The van der Waals surface area contributed by atoms with Crippen LogP contribution in [0.1, 0.15) is 29.2 Å². The molecule has 4 aromatic carbocycles. The van der Waals surface area contributed by atoms with E-state index in [9.17, 15) is 17.6 Å². The highest BCUT2D eigenvalue weighted by Gasteiger charge is 2.28. The first-order valence-electron chi connectivity index (χ1n) is 12.7. The molecule has 0 heterocycles. The predicted molar refractivity (Wildman–Crippen MR) is 151 cm³/mol. The summed E-state index contributed by atoms with van der Waals surface area (Å²) in [6.07, 6.45) is 0.618. The molecule has 0 bridgehead atoms. The Bertz CT molecular complexity index is 1500. The molecule has 0 aliphatic rings. The highest BCUT2D eigenvalue weighted by atomic mass is 32.2. The molecular formula is C31H31FN2O4S. The van der Waals surface area contributed by atoms with Crippen LogP contribution in [0, 0.1) is 12.7 Å². The lowest BCUT2D eigenvalue weighted by atomic mass is 10.1. The van der Waals surface area contributed by atoms with Gasteiger partial charge in [-0.05, 0) is 72.5 Å². The Morgan fingerprint density at radius 1 is 0.872 bits per heavy atom. The van der Waals surface area contributed by atoms with Crippen molar-refractivity contribution in [2.45, 2.75) is 38.3 Å². The van der Waals surface area contributed by atoms with Gasteiger partial charge in [0.15, 0.2) is 0 Å². The second-order valence-electron chi connectivity index (χ2n) is 9.14. The largest absolute Gasteiger partial charge is 0.489 e. The molecule has 0 atom stereocenters. The molecule has 4 aromatic rings. The highest BCUT2D eigenvalue weighted by molar-refractivity contribution is 7.92. The summed E-state index contributed by atoms with van der Waals surface area (Å²) >= 11 is 0. The predicted octanol–water partition coefficient (Wildman–Crippen LogP) is 5.79. The average molecular weight is 547 g/mol. The molecular weight excluding hydrogens is 515 g/mol. The third-order valence-corrected chi connectivity index (χ3v) is 8.04. The third kappa shape index (κ3) is 7.23. The fourth-order valence-corrected chi connectivity index (χ4v) is 5.49. The van der Waals surface area contributed by atoms with Crippen molar-refractivity contribution in [2.24, 2.45) is 0 Å². The lowest BCUT2D eigenvalue weighted by Crippen LogP contribution is -2.41. The molecule has 0 aliphatic carbocycles. The van der Waals surface area contributed by atoms with Crippen LogP contribution in [0.15, 0.2) is 102 Å². The Morgan fingerprint density at radius 2 is 1.51 bits per heavy atom. The third-order valence-electron chi connectivity index (χ3n) is 6.27. The normalized spacial score (nSPS) is 11.2. The van der Waals surface area contributed by atoms with E-state index in [2.05, 4.69) is 5.32 Å². The molecule has 0 radical (unpaired) electrons. The molecule has 0 spiro atoms. The van der Waals surface area contributed by atoms with Crippen LogP contribution in [0.2, 0.25) is 0 Å². The first-order chi connectivity index (χ1) is 18.8. The molecule has 6 nitrogen and oxygen atoms in total. The van der Waals surface area contributed by atoms with Crippen LogP contribution < -0.4 is 14.4 Å². The van der Waals surface area contributed by atoms with Gasteiger partial charge in [0.05, 0.1) is 10.6 Å². The summed E-state index contributed by atoms with van der Waals surface area (Å²) < 4.78 is 47.3. The van der Waals surface area contributed by atoms with E-state index < -0.39 is 15.9 Å². The van der Waals surface area contributed by atoms with E-state index in [0.717, 1.165) is 22.3 Å². The molecule has 202 valence electrons. The van der Waals surface area contributed by atoms with Gasteiger partial charge in [-0.1, -0.05) is 67.1 Å². The van der Waals surface area contributed by atoms with Gasteiger partial charge in [-0.2, -0.15) is 0 Å². The van der Waals surface area contributed by atoms with E-state index in [0.29, 0.717) is 24.5 Å². The number of hydrogen-bond donors (Lipinski definition) is 1. The van der Waals surface area contributed by atoms with Crippen LogP contribution >= 0.6 is 0 Å². The number of benzene rings is 4. The van der Waals surface area contributed by atoms with Crippen LogP contribution in [0.4, 0.5) is 10.1 Å². The van der Waals surface area contributed by atoms with Crippen LogP contribution in [0.5, 0.6) is 5.75 Å². The summed E-state index contributed by atoms with van der Waals surface area (Å²) in [6.45, 7) is 4.01. The molecule has 1 N–H and O–H groups in total. The number of amides is 1. The van der Waals surface area contributed by atoms with Gasteiger partial charge in [-0.25, -0.2) is 12.8 Å². The number of nitrogens with one attached hydrogen (secondary N) is 1. The topological polar surface area (TPSA) is 75.7 Å². The van der Waals surface area contributed by atoms with E-state index in [1.807, 2.05) is 38.1 Å². The van der Waals surface area contributed by atoms with Crippen molar-refractivity contribution in [3.05, 3.63) is 125 Å². The molecule has 4 rings (SSSR count). The van der Waals surface area contributed by atoms with Gasteiger partial charge in [-0.3, -0.25) is 9.10 Å². The number of hydrogen-bond acceptors (Lipinski definition) is 4. The Hall–Kier alpha value is -4.17. The Balaban J connectivity index is 1.43. The molecule has 0 fully saturated rings. The van der Waals surface area contributed by atoms with Crippen molar-refractivity contribution < 1.29 is 22.3 Å². The molecule has 0 unspecified atom stereocenters. The number of carbonyl (C=O) groups excluding carboxylic acids is 1. The van der Waals surface area contributed by atoms with Gasteiger partial charge in [0.25, 0.3) is 10.0 Å². The molecule has 0 aromatic heterocycles. The lowest BCUT2D eigenvalue weighted by molar-refractivity contribution is -0.119. The van der Waals surface area contributed by atoms with Gasteiger partial charge in [0.1, 0.15) is 24.7 Å². The SMILES string of the molecule is CCc1ccccc1N(CC(=O)NCc1ccc(OCc2ccc(F)cc2)cc1)S(=O)(=O)c1ccc(C)cc1. The number of nitrogens with zero attached hydrogens (tertiary/aromatic N) is 1. The van der Waals surface area contributed by atoms with Gasteiger partial charge in [-0.15, -0.1) is 0 Å². The minimum absolute atomic E-state index is 0.128. The fraction of sp³-hybridized carbons (Fsp3) is 0.194. The maximum absolute atomic E-state index is 13.7. The number of halogens is 1. The van der Waals surface area contributed by atoms with Crippen molar-refractivity contribution in [1.29, 1.82) is 0 Å². The second-order valence-corrected chi connectivity index (χ2v) is 11.0. The zero-order chi connectivity index (χ0) is 27.8. The minimum atomic E-state index is -3.98. The zero-order valence-electron chi connectivity index (χ0n) is 21.9. The molecule has 39 heavy (non-hydrogen) atoms. The number of aryl methyl sites for hydroxylation is 2. The van der Waals surface area contributed by atoms with E-state index in [1.54, 1.807) is 60.7 Å². The average Bonchev–Trinajstić information content (AvgIpc) is 2.95. The van der Waals surface area contributed by atoms with E-state index in [1.165, 1.54) is 16.4 Å². The molecule has 0 aliphatic heterocycles. The Kier molecular flexibility index (Phi) is 8.99. The van der Waals surface area contributed by atoms with E-state index in [-0.39, 0.29) is 23.8 Å². The number of rotatable bonds is 11. The van der Waals surface area contributed by atoms with Gasteiger partial charge in [0, 0.05) is 6.54 Å². The van der Waals surface area contributed by atoms with Crippen LogP contribution in [0.25, 0.3) is 0 Å². The van der Waals surface area contributed by atoms with Crippen LogP contribution in [-0.4, -0.2) is 20.9 Å². The first-order valence-corrected chi connectivity index (χ1v) is 14.1. The number of anilines is 1. The van der Waals surface area contributed by atoms with Gasteiger partial charge >= 0.3 is 0 Å². The van der Waals surface area contributed by atoms with E-state index >= 15 is 0 Å². The molecule has 0 saturated heterocycles. The quantitative estimate of drug-likeness (QED) is 0.259. The molecule has 8 heteroatoms. The Morgan fingerprint density at radius 3 is 2.18 bits per heavy atom. The van der Waals surface area contributed by atoms with Crippen molar-refractivity contribution in [3.63, 3.8) is 0 Å². The smallest absolute Gasteiger partial charge is 0.264 e. The van der Waals surface area contributed by atoms with E-state index in [4.69, 9.17) is 4.74 Å². The van der Waals surface area contributed by atoms with Crippen LogP contribution in [0.3, 0.4) is 0 Å². The first kappa shape index (κ1) is 27.9. The summed E-state index contributed by atoms with van der Waals surface area (Å²) in [5.74, 6) is -0.0789. The van der Waals surface area contributed by atoms with Crippen molar-refractivity contribution in [3.8, 4) is 5.75 Å². The van der Waals surface area contributed by atoms with Crippen LogP contribution in [-0.2, 0) is 34.4 Å². The molecule has 1 amide bonds. The second kappa shape index (κ2) is 12.6. The summed E-state index contributed by atoms with van der Waals surface area (Å²) in [7, 11) is -3.98. The number of ether oxygens (including phenoxy) is 1. The minimum Gasteiger partial charge on any atom is -0.489 e. The standard InChI is InChI=1S/C31H31FN2O4S/c1-3-26-6-4-5-7-30(26)34(39(36,37)29-18-8-23(2)9-19-29)21-31(35)33-20-24-12-16-28(17-13-24)38-22-25-10-14-27(32)15-11-25/h4-19H,3,20-22H2,1-2H3,(H,33,35). The maximum atomic E-state index is 13.7. The van der Waals surface area contributed by atoms with Crippen molar-refractivity contribution >= 4 is 21.6 Å². The van der Waals surface area contributed by atoms with Gasteiger partial charge < -0.3 is 10.1 Å². The lowest BCUT2D eigenvalue weighted by Gasteiger charge is -2.26.